The first-order valence-corrected chi connectivity index (χ1v) is 22.3. The molecule has 0 heterocycles. The number of amides is 1. The van der Waals surface area contributed by atoms with Crippen molar-refractivity contribution in [3.63, 3.8) is 0 Å². The highest BCUT2D eigenvalue weighted by atomic mass is 16.6. The predicted octanol–water partition coefficient (Wildman–Crippen LogP) is 12.1. The molecule has 0 aliphatic heterocycles. The summed E-state index contributed by atoms with van der Waals surface area (Å²) in [5.74, 6) is 0. The lowest BCUT2D eigenvalue weighted by atomic mass is 10.1. The first-order chi connectivity index (χ1) is 25.6. The van der Waals surface area contributed by atoms with E-state index in [0.717, 1.165) is 12.8 Å². The van der Waals surface area contributed by atoms with Crippen molar-refractivity contribution in [1.29, 1.82) is 0 Å². The molecule has 0 aromatic rings. The first-order valence-electron chi connectivity index (χ1n) is 22.3. The Morgan fingerprint density at radius 3 is 1.31 bits per heavy atom. The molecule has 0 aromatic carbocycles. The number of alkyl carbamates (subject to hydrolysis) is 1. The average Bonchev–Trinajstić information content (AvgIpc) is 3.13. The Hall–Kier alpha value is -1.41. The SMILES string of the molecule is CCCCCCCC/C=C\CCCCCCCCOCC(COCCCCCCCC/C=C\CCCCCCCC)OC(=O)NCCN(C)CCO. The van der Waals surface area contributed by atoms with Crippen LogP contribution in [0.15, 0.2) is 24.3 Å². The van der Waals surface area contributed by atoms with Gasteiger partial charge in [-0.2, -0.15) is 0 Å². The van der Waals surface area contributed by atoms with E-state index in [9.17, 15) is 4.79 Å². The summed E-state index contributed by atoms with van der Waals surface area (Å²) in [4.78, 5) is 14.4. The molecule has 0 rings (SSSR count). The fourth-order valence-corrected chi connectivity index (χ4v) is 6.27. The highest BCUT2D eigenvalue weighted by Crippen LogP contribution is 2.12. The van der Waals surface area contributed by atoms with Gasteiger partial charge in [0.1, 0.15) is 0 Å². The molecule has 7 heteroatoms. The number of hydrogen-bond donors (Lipinski definition) is 2. The zero-order valence-electron chi connectivity index (χ0n) is 34.9. The number of likely N-dealkylation sites (N-methyl/N-ethyl adjacent to an activating group) is 1. The molecule has 52 heavy (non-hydrogen) atoms. The van der Waals surface area contributed by atoms with Gasteiger partial charge in [-0.3, -0.25) is 0 Å². The maximum atomic E-state index is 12.5. The number of carbonyl (C=O) groups excluding carboxylic acids is 1. The highest BCUT2D eigenvalue weighted by molar-refractivity contribution is 5.67. The van der Waals surface area contributed by atoms with Crippen molar-refractivity contribution in [2.75, 3.05) is 59.7 Å². The minimum Gasteiger partial charge on any atom is -0.441 e. The smallest absolute Gasteiger partial charge is 0.407 e. The van der Waals surface area contributed by atoms with Crippen LogP contribution in [-0.2, 0) is 14.2 Å². The van der Waals surface area contributed by atoms with Crippen LogP contribution in [0.2, 0.25) is 0 Å². The molecular weight excluding hydrogens is 649 g/mol. The lowest BCUT2D eigenvalue weighted by Gasteiger charge is -2.20. The summed E-state index contributed by atoms with van der Waals surface area (Å²) in [5.41, 5.74) is 0. The van der Waals surface area contributed by atoms with Crippen molar-refractivity contribution in [2.24, 2.45) is 0 Å². The summed E-state index contributed by atoms with van der Waals surface area (Å²) < 4.78 is 17.6. The zero-order chi connectivity index (χ0) is 37.8. The Kier molecular flexibility index (Phi) is 42.8. The third-order valence-corrected chi connectivity index (χ3v) is 9.73. The lowest BCUT2D eigenvalue weighted by Crippen LogP contribution is -2.38. The normalized spacial score (nSPS) is 12.0. The van der Waals surface area contributed by atoms with Crippen LogP contribution >= 0.6 is 0 Å². The van der Waals surface area contributed by atoms with Crippen molar-refractivity contribution in [3.8, 4) is 0 Å². The second-order valence-corrected chi connectivity index (χ2v) is 15.0. The molecule has 0 saturated heterocycles. The number of allylic oxidation sites excluding steroid dienone is 4. The number of hydrogen-bond acceptors (Lipinski definition) is 6. The number of nitrogens with zero attached hydrogens (tertiary/aromatic N) is 1. The van der Waals surface area contributed by atoms with E-state index in [1.54, 1.807) is 0 Å². The van der Waals surface area contributed by atoms with Gasteiger partial charge < -0.3 is 29.5 Å². The van der Waals surface area contributed by atoms with E-state index in [1.807, 2.05) is 11.9 Å². The molecule has 308 valence electrons. The topological polar surface area (TPSA) is 80.3 Å². The van der Waals surface area contributed by atoms with E-state index in [-0.39, 0.29) is 6.61 Å². The lowest BCUT2D eigenvalue weighted by molar-refractivity contribution is -0.0292. The standard InChI is InChI=1S/C45H88N2O5/c1-4-6-8-10-12-14-16-18-20-22-24-26-28-30-32-34-40-50-42-44(52-45(49)46-36-37-47(3)38-39-48)43-51-41-35-33-31-29-27-25-23-21-19-17-15-13-11-9-7-5-2/h18-21,44,48H,4-17,22-43H2,1-3H3,(H,46,49)/b20-18-,21-19-. The quantitative estimate of drug-likeness (QED) is 0.0480. The minimum absolute atomic E-state index is 0.103. The summed E-state index contributed by atoms with van der Waals surface area (Å²) in [6.07, 6.45) is 44.8. The van der Waals surface area contributed by atoms with Gasteiger partial charge in [0.15, 0.2) is 6.10 Å². The molecule has 0 saturated carbocycles. The summed E-state index contributed by atoms with van der Waals surface area (Å²) in [6.45, 7) is 8.43. The van der Waals surface area contributed by atoms with Gasteiger partial charge in [0.25, 0.3) is 0 Å². The van der Waals surface area contributed by atoms with Gasteiger partial charge in [0.2, 0.25) is 0 Å². The van der Waals surface area contributed by atoms with Gasteiger partial charge in [0.05, 0.1) is 19.8 Å². The maximum Gasteiger partial charge on any atom is 0.407 e. The van der Waals surface area contributed by atoms with Gasteiger partial charge in [-0.15, -0.1) is 0 Å². The molecule has 7 nitrogen and oxygen atoms in total. The Labute approximate surface area is 323 Å². The first kappa shape index (κ1) is 50.6. The minimum atomic E-state index is -0.441. The van der Waals surface area contributed by atoms with Crippen LogP contribution in [0.25, 0.3) is 0 Å². The van der Waals surface area contributed by atoms with Crippen LogP contribution in [0.3, 0.4) is 0 Å². The number of ether oxygens (including phenoxy) is 3. The molecule has 1 amide bonds. The molecule has 0 radical (unpaired) electrons. The van der Waals surface area contributed by atoms with Crippen LogP contribution in [-0.4, -0.2) is 81.9 Å². The maximum absolute atomic E-state index is 12.5. The third kappa shape index (κ3) is 41.3. The van der Waals surface area contributed by atoms with Crippen molar-refractivity contribution < 1.29 is 24.1 Å². The summed E-state index contributed by atoms with van der Waals surface area (Å²) in [5, 5.41) is 11.9. The van der Waals surface area contributed by atoms with Crippen LogP contribution < -0.4 is 5.32 Å². The highest BCUT2D eigenvalue weighted by Gasteiger charge is 2.15. The number of aliphatic hydroxyl groups excluding tert-OH is 1. The summed E-state index contributed by atoms with van der Waals surface area (Å²) in [7, 11) is 1.92. The van der Waals surface area contributed by atoms with E-state index < -0.39 is 12.2 Å². The Morgan fingerprint density at radius 2 is 0.923 bits per heavy atom. The van der Waals surface area contributed by atoms with E-state index in [0.29, 0.717) is 46.1 Å². The van der Waals surface area contributed by atoms with E-state index in [2.05, 4.69) is 43.5 Å². The average molecular weight is 737 g/mol. The molecule has 0 fully saturated rings. The van der Waals surface area contributed by atoms with Gasteiger partial charge in [0, 0.05) is 32.8 Å². The van der Waals surface area contributed by atoms with Crippen LogP contribution in [0.1, 0.15) is 194 Å². The Balaban J connectivity index is 4.00. The summed E-state index contributed by atoms with van der Waals surface area (Å²) in [6, 6.07) is 0. The molecule has 0 aliphatic carbocycles. The van der Waals surface area contributed by atoms with Crippen molar-refractivity contribution >= 4 is 6.09 Å². The fourth-order valence-electron chi connectivity index (χ4n) is 6.27. The van der Waals surface area contributed by atoms with Gasteiger partial charge in [-0.1, -0.05) is 154 Å². The Morgan fingerprint density at radius 1 is 0.558 bits per heavy atom. The largest absolute Gasteiger partial charge is 0.441 e. The van der Waals surface area contributed by atoms with Crippen LogP contribution in [0.5, 0.6) is 0 Å². The molecule has 0 atom stereocenters. The van der Waals surface area contributed by atoms with Crippen LogP contribution in [0, 0.1) is 0 Å². The molecule has 0 unspecified atom stereocenters. The van der Waals surface area contributed by atoms with Gasteiger partial charge >= 0.3 is 6.09 Å². The molecule has 0 aromatic heterocycles. The zero-order valence-corrected chi connectivity index (χ0v) is 34.9. The van der Waals surface area contributed by atoms with E-state index in [1.165, 1.54) is 167 Å². The van der Waals surface area contributed by atoms with Gasteiger partial charge in [-0.25, -0.2) is 4.79 Å². The second-order valence-electron chi connectivity index (χ2n) is 15.0. The fraction of sp³-hybridized carbons (Fsp3) is 0.889. The van der Waals surface area contributed by atoms with Gasteiger partial charge in [-0.05, 0) is 71.3 Å². The molecular formula is C45H88N2O5. The van der Waals surface area contributed by atoms with Crippen molar-refractivity contribution in [3.05, 3.63) is 24.3 Å². The number of nitrogens with one attached hydrogen (secondary N) is 1. The third-order valence-electron chi connectivity index (χ3n) is 9.73. The molecule has 0 aliphatic rings. The Bertz CT molecular complexity index is 716. The second kappa shape index (κ2) is 44.0. The van der Waals surface area contributed by atoms with E-state index in [4.69, 9.17) is 19.3 Å². The van der Waals surface area contributed by atoms with Crippen molar-refractivity contribution in [1.82, 2.24) is 10.2 Å². The number of unbranched alkanes of at least 4 members (excludes halogenated alkanes) is 24. The number of carbonyl (C=O) groups is 1. The van der Waals surface area contributed by atoms with Crippen LogP contribution in [0.4, 0.5) is 4.79 Å². The number of aliphatic hydroxyl groups is 1. The van der Waals surface area contributed by atoms with Crippen molar-refractivity contribution in [2.45, 2.75) is 200 Å². The number of rotatable bonds is 42. The molecule has 2 N–H and O–H groups in total. The predicted molar refractivity (Wildman–Crippen MR) is 223 cm³/mol. The summed E-state index contributed by atoms with van der Waals surface area (Å²) >= 11 is 0. The monoisotopic (exact) mass is 737 g/mol. The molecule has 0 spiro atoms. The van der Waals surface area contributed by atoms with E-state index >= 15 is 0 Å². The molecule has 0 bridgehead atoms.